The first kappa shape index (κ1) is 32.4. The number of ether oxygens (including phenoxy) is 3. The molecule has 46 heavy (non-hydrogen) atoms. The molecule has 23 nitrogen and oxygen atoms in total. The number of hydrogen-bond acceptors (Lipinski definition) is 18. The molecule has 4 aromatic heterocycles. The summed E-state index contributed by atoms with van der Waals surface area (Å²) in [6.45, 7) is -1.54. The lowest BCUT2D eigenvalue weighted by Gasteiger charge is -2.31. The average molecular weight is 688 g/mol. The first-order valence-corrected chi connectivity index (χ1v) is 15.4. The number of nitrogen functional groups attached to an aromatic ring is 2. The fraction of sp³-hybridized carbons (Fsp3) is 0.524. The maximum absolute atomic E-state index is 13.2. The highest BCUT2D eigenvalue weighted by Gasteiger charge is 2.63. The summed E-state index contributed by atoms with van der Waals surface area (Å²) in [4.78, 5) is 52.4. The summed E-state index contributed by atoms with van der Waals surface area (Å²) in [5.41, 5.74) is 9.69. The van der Waals surface area contributed by atoms with Crippen LogP contribution in [0.2, 0.25) is 0 Å². The summed E-state index contributed by atoms with van der Waals surface area (Å²) in [6.07, 6.45) is -5.28. The molecule has 248 valence electrons. The summed E-state index contributed by atoms with van der Waals surface area (Å²) >= 11 is 0. The van der Waals surface area contributed by atoms with Crippen molar-refractivity contribution in [1.29, 1.82) is 0 Å². The van der Waals surface area contributed by atoms with E-state index in [2.05, 4.69) is 29.9 Å². The summed E-state index contributed by atoms with van der Waals surface area (Å²) in [6, 6.07) is 0. The van der Waals surface area contributed by atoms with Crippen molar-refractivity contribution in [1.82, 2.24) is 39.0 Å². The van der Waals surface area contributed by atoms with E-state index in [0.29, 0.717) is 11.2 Å². The number of phosphoric ester groups is 1. The Bertz CT molecular complexity index is 1870. The fourth-order valence-corrected chi connectivity index (χ4v) is 6.49. The smallest absolute Gasteiger partial charge is 0.394 e. The lowest BCUT2D eigenvalue weighted by atomic mass is 10.0. The number of rotatable bonds is 8. The van der Waals surface area contributed by atoms with Crippen LogP contribution in [0, 0.1) is 0 Å². The molecule has 0 spiro atoms. The van der Waals surface area contributed by atoms with Crippen molar-refractivity contribution in [3.05, 3.63) is 29.3 Å². The van der Waals surface area contributed by atoms with E-state index in [4.69, 9.17) is 44.2 Å². The van der Waals surface area contributed by atoms with Crippen LogP contribution in [0.1, 0.15) is 12.5 Å². The molecule has 0 amide bonds. The van der Waals surface area contributed by atoms with Crippen molar-refractivity contribution in [3.63, 3.8) is 0 Å². The lowest BCUT2D eigenvalue weighted by molar-refractivity contribution is -0.184. The Morgan fingerprint density at radius 3 is 2.54 bits per heavy atom. The molecule has 3 saturated heterocycles. The summed E-state index contributed by atoms with van der Waals surface area (Å²) in [5, 5.41) is 31.5. The number of H-pyrrole nitrogens is 1. The molecular formula is C21H26N10O13P2. The van der Waals surface area contributed by atoms with Crippen molar-refractivity contribution in [2.75, 3.05) is 31.3 Å². The topological polar surface area (TPSA) is 341 Å². The predicted octanol–water partition coefficient (Wildman–Crippen LogP) is -2.91. The number of aromatic nitrogens is 8. The largest absolute Gasteiger partial charge is 0.472 e. The van der Waals surface area contributed by atoms with Gasteiger partial charge in [0.15, 0.2) is 35.1 Å². The number of hydrogen-bond donors (Lipinski definition) is 8. The van der Waals surface area contributed by atoms with Gasteiger partial charge in [-0.15, -0.1) is 0 Å². The third-order valence-corrected chi connectivity index (χ3v) is 8.58. The Hall–Kier alpha value is -3.57. The zero-order valence-electron chi connectivity index (χ0n) is 23.1. The van der Waals surface area contributed by atoms with Gasteiger partial charge in [-0.05, 0) is 0 Å². The van der Waals surface area contributed by atoms with Crippen LogP contribution >= 0.6 is 16.5 Å². The first-order valence-electron chi connectivity index (χ1n) is 13.1. The molecule has 9 atom stereocenters. The predicted molar refractivity (Wildman–Crippen MR) is 148 cm³/mol. The van der Waals surface area contributed by atoms with Crippen molar-refractivity contribution in [3.8, 4) is 0 Å². The van der Waals surface area contributed by atoms with Crippen LogP contribution in [0.3, 0.4) is 0 Å². The van der Waals surface area contributed by atoms with E-state index >= 15 is 0 Å². The van der Waals surface area contributed by atoms with Gasteiger partial charge in [0.2, 0.25) is 5.95 Å². The second-order valence-corrected chi connectivity index (χ2v) is 11.9. The molecule has 7 heterocycles. The molecule has 3 aliphatic rings. The maximum atomic E-state index is 13.2. The lowest BCUT2D eigenvalue weighted by Crippen LogP contribution is -2.45. The summed E-state index contributed by atoms with van der Waals surface area (Å²) in [5.74, 6) is -0.103. The normalized spacial score (nSPS) is 31.8. The molecule has 0 aliphatic carbocycles. The number of imidazole rings is 2. The Morgan fingerprint density at radius 1 is 1.13 bits per heavy atom. The van der Waals surface area contributed by atoms with Gasteiger partial charge in [0.25, 0.3) is 5.56 Å². The van der Waals surface area contributed by atoms with Crippen LogP contribution in [-0.4, -0.2) is 120 Å². The van der Waals surface area contributed by atoms with E-state index in [1.807, 2.05) is 0 Å². The Balaban J connectivity index is 0.00000119. The molecule has 4 aromatic rings. The number of aromatic amines is 1. The Kier molecular flexibility index (Phi) is 8.60. The third-order valence-electron chi connectivity index (χ3n) is 7.61. The van der Waals surface area contributed by atoms with Gasteiger partial charge in [-0.2, -0.15) is 4.98 Å². The van der Waals surface area contributed by atoms with Crippen LogP contribution in [0.5, 0.6) is 0 Å². The van der Waals surface area contributed by atoms with E-state index in [-0.39, 0.29) is 29.5 Å². The molecular weight excluding hydrogens is 662 g/mol. The second kappa shape index (κ2) is 12.2. The van der Waals surface area contributed by atoms with Gasteiger partial charge < -0.3 is 50.8 Å². The van der Waals surface area contributed by atoms with Gasteiger partial charge >= 0.3 is 16.5 Å². The molecule has 7 rings (SSSR count). The highest BCUT2D eigenvalue weighted by Crippen LogP contribution is 2.53. The van der Waals surface area contributed by atoms with E-state index in [0.717, 1.165) is 6.33 Å². The van der Waals surface area contributed by atoms with Crippen LogP contribution in [0.25, 0.3) is 22.3 Å². The molecule has 3 aliphatic heterocycles. The number of nitrogens with two attached hydrogens (primary N) is 2. The highest BCUT2D eigenvalue weighted by atomic mass is 31.2. The zero-order valence-corrected chi connectivity index (χ0v) is 24.9. The molecule has 3 fully saturated rings. The summed E-state index contributed by atoms with van der Waals surface area (Å²) in [7, 11) is -5.88. The minimum absolute atomic E-state index is 0.0695. The number of aliphatic hydroxyl groups excluding tert-OH is 3. The summed E-state index contributed by atoms with van der Waals surface area (Å²) < 4.78 is 52.4. The van der Waals surface area contributed by atoms with E-state index in [9.17, 15) is 29.6 Å². The third kappa shape index (κ3) is 5.45. The van der Waals surface area contributed by atoms with E-state index < -0.39 is 83.9 Å². The van der Waals surface area contributed by atoms with E-state index in [1.165, 1.54) is 21.8 Å². The average Bonchev–Trinajstić information content (AvgIpc) is 3.82. The molecule has 3 unspecified atom stereocenters. The van der Waals surface area contributed by atoms with Crippen LogP contribution in [0.15, 0.2) is 23.8 Å². The van der Waals surface area contributed by atoms with Crippen molar-refractivity contribution >= 4 is 50.6 Å². The number of nitrogens with one attached hydrogen (secondary N) is 1. The number of nitrogens with zero attached hydrogens (tertiary/aromatic N) is 7. The SMILES string of the molecule is Nc1nc2c(ncn2[C@@H]2O[C@H](CO)C(O)[C@@H]2OP(=O)(O)OC[C@]23CO[C@@H](C2O)[C@H](n2cnc4c(N)ncnc42)O3)c(=O)[nH]1.O=PO. The number of fused-ring (bicyclic) bond motifs is 4. The van der Waals surface area contributed by atoms with Gasteiger partial charge in [-0.1, -0.05) is 0 Å². The van der Waals surface area contributed by atoms with Gasteiger partial charge in [0.05, 0.1) is 32.5 Å². The second-order valence-electron chi connectivity index (χ2n) is 10.3. The van der Waals surface area contributed by atoms with Gasteiger partial charge in [-0.3, -0.25) is 28.0 Å². The van der Waals surface area contributed by atoms with Gasteiger partial charge in [-0.25, -0.2) is 29.1 Å². The highest BCUT2D eigenvalue weighted by molar-refractivity contribution is 7.47. The minimum Gasteiger partial charge on any atom is -0.394 e. The monoisotopic (exact) mass is 688 g/mol. The fourth-order valence-electron chi connectivity index (χ4n) is 5.51. The Morgan fingerprint density at radius 2 is 1.83 bits per heavy atom. The zero-order chi connectivity index (χ0) is 33.0. The minimum atomic E-state index is -5.05. The molecule has 0 aromatic carbocycles. The van der Waals surface area contributed by atoms with E-state index in [1.54, 1.807) is 0 Å². The quantitative estimate of drug-likeness (QED) is 0.0860. The van der Waals surface area contributed by atoms with Crippen molar-refractivity contribution in [2.24, 2.45) is 0 Å². The Labute approximate surface area is 256 Å². The molecule has 25 heteroatoms. The first-order chi connectivity index (χ1) is 21.9. The van der Waals surface area contributed by atoms with Gasteiger partial charge in [0, 0.05) is 0 Å². The molecule has 0 radical (unpaired) electrons. The van der Waals surface area contributed by atoms with Crippen molar-refractivity contribution < 1.29 is 57.5 Å². The number of anilines is 2. The molecule has 2 bridgehead atoms. The number of phosphoric acid groups is 1. The standard InChI is InChI=1S/C21H25N10O11P.HO2P/c22-14-8-15(25-4-24-14)30(5-26-8)19-12-13(34)21(41-19,2-38-12)3-39-43(36,37)42-11-10(33)7(1-32)40-18(11)31-6-27-9-16(31)28-20(23)29-17(9)35;1-3-2/h4-7,10-13,18-19,32-34H,1-3H2,(H,36,37)(H2,22,24,25)(H3,23,28,29,35);(H,1,2)/t7-,10?,11+,12+,13?,18-,19-,21-;/m1./s1. The maximum Gasteiger partial charge on any atom is 0.472 e. The van der Waals surface area contributed by atoms with Crippen molar-refractivity contribution in [2.45, 2.75) is 48.6 Å². The molecule has 10 N–H and O–H groups in total. The van der Waals surface area contributed by atoms with Crippen LogP contribution in [-0.2, 0) is 32.4 Å². The number of aliphatic hydroxyl groups is 3. The van der Waals surface area contributed by atoms with Crippen LogP contribution < -0.4 is 17.0 Å². The molecule has 0 saturated carbocycles. The van der Waals surface area contributed by atoms with Gasteiger partial charge in [0.1, 0.15) is 48.0 Å². The van der Waals surface area contributed by atoms with Crippen LogP contribution in [0.4, 0.5) is 11.8 Å².